The summed E-state index contributed by atoms with van der Waals surface area (Å²) in [4.78, 5) is 0. The van der Waals surface area contributed by atoms with Gasteiger partial charge in [-0.1, -0.05) is 38.1 Å². The number of rotatable bonds is 6. The summed E-state index contributed by atoms with van der Waals surface area (Å²) in [6, 6.07) is 8.96. The van der Waals surface area contributed by atoms with Crippen LogP contribution < -0.4 is 5.32 Å². The third-order valence-electron chi connectivity index (χ3n) is 3.78. The minimum absolute atomic E-state index is 0.338. The fraction of sp³-hybridized carbons (Fsp3) is 0.471. The average Bonchev–Trinajstić information content (AvgIpc) is 2.82. The monoisotopic (exact) mass is 271 g/mol. The van der Waals surface area contributed by atoms with Gasteiger partial charge in [-0.2, -0.15) is 5.10 Å². The topological polar surface area (TPSA) is 29.9 Å². The van der Waals surface area contributed by atoms with Crippen LogP contribution in [0, 0.1) is 6.92 Å². The molecule has 3 nitrogen and oxygen atoms in total. The highest BCUT2D eigenvalue weighted by Gasteiger charge is 2.18. The Hall–Kier alpha value is -1.61. The van der Waals surface area contributed by atoms with E-state index in [1.165, 1.54) is 22.4 Å². The first-order chi connectivity index (χ1) is 9.65. The number of nitrogens with zero attached hydrogens (tertiary/aromatic N) is 2. The Labute approximate surface area is 122 Å². The van der Waals surface area contributed by atoms with E-state index in [2.05, 4.69) is 61.6 Å². The molecule has 0 bridgehead atoms. The van der Waals surface area contributed by atoms with Gasteiger partial charge in [0.1, 0.15) is 0 Å². The molecule has 1 unspecified atom stereocenters. The number of aromatic nitrogens is 2. The molecule has 0 spiro atoms. The van der Waals surface area contributed by atoms with Crippen LogP contribution in [0.25, 0.3) is 0 Å². The summed E-state index contributed by atoms with van der Waals surface area (Å²) < 4.78 is 1.93. The van der Waals surface area contributed by atoms with Crippen LogP contribution in [0.2, 0.25) is 0 Å². The lowest BCUT2D eigenvalue weighted by Gasteiger charge is -2.19. The second kappa shape index (κ2) is 6.71. The van der Waals surface area contributed by atoms with Gasteiger partial charge < -0.3 is 5.32 Å². The maximum absolute atomic E-state index is 4.57. The molecule has 1 aromatic heterocycles. The lowest BCUT2D eigenvalue weighted by atomic mass is 9.96. The van der Waals surface area contributed by atoms with Crippen molar-refractivity contribution < 1.29 is 0 Å². The Morgan fingerprint density at radius 3 is 2.65 bits per heavy atom. The highest BCUT2D eigenvalue weighted by molar-refractivity contribution is 5.30. The van der Waals surface area contributed by atoms with Crippen LogP contribution in [0.3, 0.4) is 0 Å². The van der Waals surface area contributed by atoms with Crippen molar-refractivity contribution in [3.05, 3.63) is 52.8 Å². The van der Waals surface area contributed by atoms with Crippen LogP contribution in [0.4, 0.5) is 0 Å². The van der Waals surface area contributed by atoms with Crippen LogP contribution in [-0.2, 0) is 19.9 Å². The Morgan fingerprint density at radius 2 is 2.00 bits per heavy atom. The molecule has 1 heterocycles. The molecule has 1 atom stereocenters. The zero-order valence-corrected chi connectivity index (χ0v) is 13.0. The van der Waals surface area contributed by atoms with Gasteiger partial charge in [0, 0.05) is 24.8 Å². The molecule has 0 saturated carbocycles. The first-order valence-corrected chi connectivity index (χ1v) is 7.46. The van der Waals surface area contributed by atoms with E-state index in [1.54, 1.807) is 0 Å². The molecule has 0 saturated heterocycles. The minimum atomic E-state index is 0.338. The van der Waals surface area contributed by atoms with Gasteiger partial charge in [0.25, 0.3) is 0 Å². The van der Waals surface area contributed by atoms with E-state index in [1.807, 2.05) is 11.7 Å². The van der Waals surface area contributed by atoms with Crippen molar-refractivity contribution in [1.29, 1.82) is 0 Å². The quantitative estimate of drug-likeness (QED) is 0.874. The number of hydrogen-bond acceptors (Lipinski definition) is 2. The molecule has 0 radical (unpaired) electrons. The predicted molar refractivity (Wildman–Crippen MR) is 83.9 cm³/mol. The molecule has 3 heteroatoms. The minimum Gasteiger partial charge on any atom is -0.310 e. The fourth-order valence-corrected chi connectivity index (χ4v) is 2.72. The van der Waals surface area contributed by atoms with Crippen molar-refractivity contribution in [1.82, 2.24) is 15.1 Å². The van der Waals surface area contributed by atoms with Crippen LogP contribution >= 0.6 is 0 Å². The molecule has 20 heavy (non-hydrogen) atoms. The molecule has 0 aliphatic heterocycles. The highest BCUT2D eigenvalue weighted by atomic mass is 15.3. The van der Waals surface area contributed by atoms with E-state index in [0.717, 1.165) is 19.4 Å². The van der Waals surface area contributed by atoms with Crippen LogP contribution in [0.1, 0.15) is 42.3 Å². The van der Waals surface area contributed by atoms with E-state index in [4.69, 9.17) is 0 Å². The fourth-order valence-electron chi connectivity index (χ4n) is 2.72. The van der Waals surface area contributed by atoms with Crippen LogP contribution in [0.5, 0.6) is 0 Å². The van der Waals surface area contributed by atoms with Gasteiger partial charge >= 0.3 is 0 Å². The normalized spacial score (nSPS) is 12.6. The van der Waals surface area contributed by atoms with Crippen molar-refractivity contribution in [2.45, 2.75) is 39.7 Å². The van der Waals surface area contributed by atoms with Gasteiger partial charge in [0.05, 0.1) is 5.69 Å². The lowest BCUT2D eigenvalue weighted by Crippen LogP contribution is -2.24. The molecular weight excluding hydrogens is 246 g/mol. The van der Waals surface area contributed by atoms with Gasteiger partial charge in [-0.25, -0.2) is 0 Å². The first-order valence-electron chi connectivity index (χ1n) is 7.46. The first kappa shape index (κ1) is 14.8. The summed E-state index contributed by atoms with van der Waals surface area (Å²) in [5, 5.41) is 8.18. The molecule has 108 valence electrons. The zero-order chi connectivity index (χ0) is 14.5. The van der Waals surface area contributed by atoms with Gasteiger partial charge in [-0.3, -0.25) is 4.68 Å². The largest absolute Gasteiger partial charge is 0.310 e. The lowest BCUT2D eigenvalue weighted by molar-refractivity contribution is 0.544. The molecule has 2 rings (SSSR count). The number of likely N-dealkylation sites (N-methyl/N-ethyl adjacent to an activating group) is 1. The maximum Gasteiger partial charge on any atom is 0.0669 e. The third kappa shape index (κ3) is 3.28. The number of nitrogens with one attached hydrogen (secondary N) is 1. The van der Waals surface area contributed by atoms with E-state index in [0.29, 0.717) is 6.04 Å². The van der Waals surface area contributed by atoms with E-state index in [-0.39, 0.29) is 0 Å². The smallest absolute Gasteiger partial charge is 0.0669 e. The van der Waals surface area contributed by atoms with Gasteiger partial charge in [-0.15, -0.1) is 0 Å². The maximum atomic E-state index is 4.57. The Kier molecular flexibility index (Phi) is 4.96. The summed E-state index contributed by atoms with van der Waals surface area (Å²) in [5.41, 5.74) is 5.30. The summed E-state index contributed by atoms with van der Waals surface area (Å²) in [6.07, 6.45) is 4.15. The van der Waals surface area contributed by atoms with Crippen LogP contribution in [0.15, 0.2) is 30.5 Å². The Balaban J connectivity index is 2.29. The zero-order valence-electron chi connectivity index (χ0n) is 13.0. The molecule has 1 aromatic carbocycles. The summed E-state index contributed by atoms with van der Waals surface area (Å²) in [5.74, 6) is 0. The third-order valence-corrected chi connectivity index (χ3v) is 3.78. The summed E-state index contributed by atoms with van der Waals surface area (Å²) in [7, 11) is 2.00. The summed E-state index contributed by atoms with van der Waals surface area (Å²) >= 11 is 0. The molecule has 0 amide bonds. The molecule has 0 fully saturated rings. The van der Waals surface area contributed by atoms with Gasteiger partial charge in [0.2, 0.25) is 0 Å². The van der Waals surface area contributed by atoms with E-state index in [9.17, 15) is 0 Å². The summed E-state index contributed by atoms with van der Waals surface area (Å²) in [6.45, 7) is 7.48. The molecular formula is C17H25N3. The highest BCUT2D eigenvalue weighted by Crippen LogP contribution is 2.23. The van der Waals surface area contributed by atoms with Gasteiger partial charge in [-0.05, 0) is 37.4 Å². The van der Waals surface area contributed by atoms with Crippen molar-refractivity contribution in [2.24, 2.45) is 7.05 Å². The van der Waals surface area contributed by atoms with Crippen molar-refractivity contribution in [3.63, 3.8) is 0 Å². The average molecular weight is 271 g/mol. The van der Waals surface area contributed by atoms with E-state index < -0.39 is 0 Å². The SMILES string of the molecule is CCNC(Cc1ccccc1C)c1cn(C)nc1CC. The number of aryl methyl sites for hydroxylation is 3. The van der Waals surface area contributed by atoms with Crippen molar-refractivity contribution in [3.8, 4) is 0 Å². The van der Waals surface area contributed by atoms with Crippen molar-refractivity contribution in [2.75, 3.05) is 6.54 Å². The standard InChI is InChI=1S/C17H25N3/c1-5-16-15(12-20(4)19-16)17(18-6-2)11-14-10-8-7-9-13(14)3/h7-10,12,17-18H,5-6,11H2,1-4H3. The second-order valence-electron chi connectivity index (χ2n) is 5.30. The number of benzene rings is 1. The molecule has 1 N–H and O–H groups in total. The van der Waals surface area contributed by atoms with E-state index >= 15 is 0 Å². The Bertz CT molecular complexity index is 557. The second-order valence-corrected chi connectivity index (χ2v) is 5.30. The Morgan fingerprint density at radius 1 is 1.25 bits per heavy atom. The predicted octanol–water partition coefficient (Wildman–Crippen LogP) is 3.18. The van der Waals surface area contributed by atoms with Crippen molar-refractivity contribution >= 4 is 0 Å². The molecule has 2 aromatic rings. The van der Waals surface area contributed by atoms with Crippen LogP contribution in [-0.4, -0.2) is 16.3 Å². The van der Waals surface area contributed by atoms with Gasteiger partial charge in [0.15, 0.2) is 0 Å². The molecule has 0 aliphatic carbocycles. The molecule has 0 aliphatic rings. The number of hydrogen-bond donors (Lipinski definition) is 1.